The minimum atomic E-state index is -1.48. The first-order chi connectivity index (χ1) is 11.4. The van der Waals surface area contributed by atoms with E-state index in [0.717, 1.165) is 6.54 Å². The van der Waals surface area contributed by atoms with Crippen molar-refractivity contribution in [1.29, 1.82) is 0 Å². The van der Waals surface area contributed by atoms with Crippen molar-refractivity contribution in [3.63, 3.8) is 0 Å². The van der Waals surface area contributed by atoms with E-state index in [2.05, 4.69) is 117 Å². The van der Waals surface area contributed by atoms with Crippen molar-refractivity contribution < 1.29 is 4.57 Å². The number of nitrogens with zero attached hydrogens (tertiary/aromatic N) is 3. The van der Waals surface area contributed by atoms with Crippen molar-refractivity contribution in [2.45, 2.75) is 92.0 Å². The normalized spacial score (nSPS) is 13.7. The van der Waals surface area contributed by atoms with Gasteiger partial charge in [0.05, 0.1) is 6.54 Å². The second-order valence-electron chi connectivity index (χ2n) is 11.3. The lowest BCUT2D eigenvalue weighted by Gasteiger charge is -2.45. The summed E-state index contributed by atoms with van der Waals surface area (Å²) in [5, 5.41) is 0. The molecule has 1 aromatic rings. The van der Waals surface area contributed by atoms with E-state index in [1.165, 1.54) is 11.6 Å². The molecule has 1 aromatic heterocycles. The molecule has 7 heteroatoms. The number of pyridine rings is 1. The number of rotatable bonds is 7. The molecule has 3 nitrogen and oxygen atoms in total. The largest absolute Gasteiger partial charge is 0.376 e. The molecular weight excluding hydrogens is 383 g/mol. The zero-order chi connectivity index (χ0) is 20.7. The van der Waals surface area contributed by atoms with Crippen molar-refractivity contribution in [2.75, 3.05) is 8.46 Å². The lowest BCUT2D eigenvalue weighted by molar-refractivity contribution is -0.667. The van der Waals surface area contributed by atoms with Crippen LogP contribution in [0.15, 0.2) is 18.2 Å². The molecule has 0 atom stereocenters. The number of aromatic nitrogens is 1. The summed E-state index contributed by atoms with van der Waals surface area (Å²) in [5.41, 5.74) is 0. The molecule has 0 saturated carbocycles. The molecule has 1 heterocycles. The minimum Gasteiger partial charge on any atom is -0.376 e. The van der Waals surface area contributed by atoms with Gasteiger partial charge in [0, 0.05) is 12.1 Å². The fraction of sp³-hybridized carbons (Fsp3) is 0.737. The van der Waals surface area contributed by atoms with Crippen molar-refractivity contribution in [3.8, 4) is 0 Å². The molecule has 0 N–H and O–H groups in total. The quantitative estimate of drug-likeness (QED) is 0.394. The first-order valence-corrected chi connectivity index (χ1v) is 23.8. The van der Waals surface area contributed by atoms with Crippen LogP contribution in [0.2, 0.25) is 78.6 Å². The van der Waals surface area contributed by atoms with E-state index in [1.54, 1.807) is 0 Å². The molecular formula is C19H44N3Si4+. The Morgan fingerprint density at radius 3 is 1.08 bits per heavy atom. The van der Waals surface area contributed by atoms with Gasteiger partial charge in [-0.15, -0.1) is 0 Å². The van der Waals surface area contributed by atoms with Crippen LogP contribution in [0, 0.1) is 0 Å². The highest BCUT2D eigenvalue weighted by Gasteiger charge is 2.44. The second-order valence-corrected chi connectivity index (χ2v) is 31.4. The molecule has 0 unspecified atom stereocenters. The van der Waals surface area contributed by atoms with E-state index in [0.29, 0.717) is 0 Å². The van der Waals surface area contributed by atoms with Crippen molar-refractivity contribution in [2.24, 2.45) is 0 Å². The fourth-order valence-corrected chi connectivity index (χ4v) is 24.2. The van der Waals surface area contributed by atoms with Crippen LogP contribution in [0.5, 0.6) is 0 Å². The molecule has 150 valence electrons. The maximum Gasteiger partial charge on any atom is 0.204 e. The molecule has 0 aliphatic rings. The fourth-order valence-electron chi connectivity index (χ4n) is 4.62. The van der Waals surface area contributed by atoms with Gasteiger partial charge < -0.3 is 8.46 Å². The molecule has 0 aliphatic carbocycles. The summed E-state index contributed by atoms with van der Waals surface area (Å²) in [5.74, 6) is 2.90. The Kier molecular flexibility index (Phi) is 6.88. The second kappa shape index (κ2) is 7.56. The molecule has 0 aliphatic heterocycles. The van der Waals surface area contributed by atoms with E-state index < -0.39 is 32.9 Å². The van der Waals surface area contributed by atoms with E-state index in [9.17, 15) is 0 Å². The van der Waals surface area contributed by atoms with Crippen molar-refractivity contribution >= 4 is 44.6 Å². The van der Waals surface area contributed by atoms with Gasteiger partial charge >= 0.3 is 0 Å². The van der Waals surface area contributed by atoms with Crippen LogP contribution in [0.4, 0.5) is 11.6 Å². The van der Waals surface area contributed by atoms with Gasteiger partial charge in [-0.1, -0.05) is 0 Å². The topological polar surface area (TPSA) is 10.4 Å². The third-order valence-electron chi connectivity index (χ3n) is 4.50. The first-order valence-electron chi connectivity index (χ1n) is 10.1. The van der Waals surface area contributed by atoms with Crippen LogP contribution < -0.4 is 13.0 Å². The maximum absolute atomic E-state index is 2.86. The van der Waals surface area contributed by atoms with E-state index in [1.807, 2.05) is 0 Å². The Morgan fingerprint density at radius 1 is 0.615 bits per heavy atom. The SMILES string of the molecule is CC[n+]1c(N([Si](C)(C)C)[Si](C)(C)C)cccc1N([Si](C)(C)C)[Si](C)(C)C. The van der Waals surface area contributed by atoms with Crippen LogP contribution in [0.3, 0.4) is 0 Å². The van der Waals surface area contributed by atoms with Crippen LogP contribution in [-0.4, -0.2) is 32.9 Å². The Bertz CT molecular complexity index is 541. The number of anilines is 2. The third-order valence-corrected chi connectivity index (χ3v) is 18.8. The summed E-state index contributed by atoms with van der Waals surface area (Å²) in [6, 6.07) is 7.05. The molecule has 0 spiro atoms. The molecule has 0 amide bonds. The van der Waals surface area contributed by atoms with Gasteiger partial charge in [-0.3, -0.25) is 0 Å². The summed E-state index contributed by atoms with van der Waals surface area (Å²) in [7, 11) is -5.93. The number of hydrogen-bond donors (Lipinski definition) is 0. The van der Waals surface area contributed by atoms with E-state index >= 15 is 0 Å². The minimum absolute atomic E-state index is 1.03. The predicted molar refractivity (Wildman–Crippen MR) is 131 cm³/mol. The molecule has 0 aromatic carbocycles. The lowest BCUT2D eigenvalue weighted by Crippen LogP contribution is -2.66. The molecule has 0 radical (unpaired) electrons. The van der Waals surface area contributed by atoms with Crippen LogP contribution in [-0.2, 0) is 6.54 Å². The van der Waals surface area contributed by atoms with Gasteiger partial charge in [-0.25, -0.2) is 4.57 Å². The standard InChI is InChI=1S/C19H44N3Si4/c1-14-20-18(21(23(2,3)4)24(5,6)7)16-15-17-19(20)22(25(8,9)10)26(11,12)13/h15-17H,14H2,1-13H3/q+1. The average molecular weight is 427 g/mol. The smallest absolute Gasteiger partial charge is 0.204 e. The van der Waals surface area contributed by atoms with Crippen molar-refractivity contribution in [3.05, 3.63) is 18.2 Å². The van der Waals surface area contributed by atoms with Gasteiger partial charge in [-0.05, 0) is 91.6 Å². The molecule has 1 rings (SSSR count). The van der Waals surface area contributed by atoms with Gasteiger partial charge in [-0.2, -0.15) is 0 Å². The average Bonchev–Trinajstić information content (AvgIpc) is 2.31. The zero-order valence-electron chi connectivity index (χ0n) is 19.8. The monoisotopic (exact) mass is 426 g/mol. The molecule has 0 bridgehead atoms. The maximum atomic E-state index is 2.86. The third kappa shape index (κ3) is 5.33. The molecule has 0 fully saturated rings. The van der Waals surface area contributed by atoms with Gasteiger partial charge in [0.15, 0.2) is 11.6 Å². The zero-order valence-corrected chi connectivity index (χ0v) is 23.8. The highest BCUT2D eigenvalue weighted by atomic mass is 28.4. The molecule has 0 saturated heterocycles. The summed E-state index contributed by atoms with van der Waals surface area (Å²) in [6.07, 6.45) is 0. The summed E-state index contributed by atoms with van der Waals surface area (Å²) < 4.78 is 8.34. The van der Waals surface area contributed by atoms with E-state index in [-0.39, 0.29) is 0 Å². The predicted octanol–water partition coefficient (Wildman–Crippen LogP) is 5.95. The van der Waals surface area contributed by atoms with Gasteiger partial charge in [0.1, 0.15) is 0 Å². The van der Waals surface area contributed by atoms with Crippen molar-refractivity contribution in [1.82, 2.24) is 0 Å². The first kappa shape index (κ1) is 23.7. The number of hydrogen-bond acceptors (Lipinski definition) is 2. The van der Waals surface area contributed by atoms with Crippen LogP contribution in [0.1, 0.15) is 6.92 Å². The summed E-state index contributed by atoms with van der Waals surface area (Å²) in [4.78, 5) is 0. The highest BCUT2D eigenvalue weighted by molar-refractivity contribution is 6.99. The van der Waals surface area contributed by atoms with Gasteiger partial charge in [0.25, 0.3) is 0 Å². The summed E-state index contributed by atoms with van der Waals surface area (Å²) in [6.45, 7) is 33.3. The Balaban J connectivity index is 3.80. The Morgan fingerprint density at radius 2 is 0.885 bits per heavy atom. The molecule has 26 heavy (non-hydrogen) atoms. The Labute approximate surface area is 167 Å². The lowest BCUT2D eigenvalue weighted by atomic mass is 10.4. The Hall–Kier alpha value is -0.382. The highest BCUT2D eigenvalue weighted by Crippen LogP contribution is 2.30. The van der Waals surface area contributed by atoms with E-state index in [4.69, 9.17) is 0 Å². The van der Waals surface area contributed by atoms with Crippen LogP contribution >= 0.6 is 0 Å². The summed E-state index contributed by atoms with van der Waals surface area (Å²) >= 11 is 0. The van der Waals surface area contributed by atoms with Crippen LogP contribution in [0.25, 0.3) is 0 Å². The van der Waals surface area contributed by atoms with Gasteiger partial charge in [0.2, 0.25) is 32.9 Å².